The smallest absolute Gasteiger partial charge is 0.252 e. The van der Waals surface area contributed by atoms with E-state index in [1.165, 1.54) is 18.4 Å². The van der Waals surface area contributed by atoms with Crippen LogP contribution in [-0.2, 0) is 0 Å². The first-order chi connectivity index (χ1) is 9.13. The lowest BCUT2D eigenvalue weighted by Crippen LogP contribution is -2.48. The van der Waals surface area contributed by atoms with Crippen LogP contribution in [0.15, 0.2) is 18.2 Å². The minimum atomic E-state index is 0. The van der Waals surface area contributed by atoms with E-state index >= 15 is 0 Å². The third-order valence-electron chi connectivity index (χ3n) is 4.24. The number of carbonyl (C=O) groups excluding carboxylic acids is 1. The van der Waals surface area contributed by atoms with Crippen molar-refractivity contribution in [2.45, 2.75) is 50.7 Å². The number of piperidine rings is 1. The quantitative estimate of drug-likeness (QED) is 0.741. The standard InChI is InChI=1S/C15H19IN2O.ClH/c1-9-3-2-4-13(14(9)16)15(19)18-12-7-10-5-6-11(8-12)17-10;/h2-4,10-12,17H,5-8H2,1H3,(H,18,19);1H. The summed E-state index contributed by atoms with van der Waals surface area (Å²) in [5.41, 5.74) is 1.98. The van der Waals surface area contributed by atoms with E-state index in [9.17, 15) is 4.79 Å². The zero-order valence-electron chi connectivity index (χ0n) is 11.5. The van der Waals surface area contributed by atoms with Crippen molar-refractivity contribution in [3.8, 4) is 0 Å². The lowest BCUT2D eigenvalue weighted by atomic mass is 9.99. The molecule has 2 bridgehead atoms. The Morgan fingerprint density at radius 2 is 1.95 bits per heavy atom. The molecule has 3 nitrogen and oxygen atoms in total. The van der Waals surface area contributed by atoms with Gasteiger partial charge >= 0.3 is 0 Å². The second kappa shape index (κ2) is 6.62. The first kappa shape index (κ1) is 16.0. The van der Waals surface area contributed by atoms with E-state index in [0.717, 1.165) is 22.0 Å². The molecule has 2 aliphatic rings. The first-order valence-corrected chi connectivity index (χ1v) is 8.03. The maximum Gasteiger partial charge on any atom is 0.252 e. The van der Waals surface area contributed by atoms with Gasteiger partial charge in [0, 0.05) is 21.7 Å². The molecular formula is C15H20ClIN2O. The van der Waals surface area contributed by atoms with E-state index in [4.69, 9.17) is 0 Å². The number of hydrogen-bond donors (Lipinski definition) is 2. The van der Waals surface area contributed by atoms with Crippen LogP contribution in [0.4, 0.5) is 0 Å². The maximum atomic E-state index is 12.4. The molecule has 2 unspecified atom stereocenters. The van der Waals surface area contributed by atoms with Crippen LogP contribution in [0.2, 0.25) is 0 Å². The van der Waals surface area contributed by atoms with Crippen molar-refractivity contribution in [3.63, 3.8) is 0 Å². The molecule has 0 aliphatic carbocycles. The third-order valence-corrected chi connectivity index (χ3v) is 5.68. The summed E-state index contributed by atoms with van der Waals surface area (Å²) >= 11 is 2.26. The molecule has 0 saturated carbocycles. The van der Waals surface area contributed by atoms with E-state index in [1.54, 1.807) is 0 Å². The Labute approximate surface area is 139 Å². The second-order valence-electron chi connectivity index (χ2n) is 5.72. The SMILES string of the molecule is Cc1cccc(C(=O)NC2CC3CCC(C2)N3)c1I.Cl. The number of rotatable bonds is 2. The number of fused-ring (bicyclic) bond motifs is 2. The molecule has 0 spiro atoms. The van der Waals surface area contributed by atoms with Crippen LogP contribution in [0, 0.1) is 10.5 Å². The van der Waals surface area contributed by atoms with Gasteiger partial charge in [-0.3, -0.25) is 4.79 Å². The summed E-state index contributed by atoms with van der Waals surface area (Å²) in [6.07, 6.45) is 4.67. The Hall–Kier alpha value is -0.330. The van der Waals surface area contributed by atoms with Crippen LogP contribution in [0.25, 0.3) is 0 Å². The van der Waals surface area contributed by atoms with Gasteiger partial charge in [0.05, 0.1) is 5.56 Å². The number of halogens is 2. The van der Waals surface area contributed by atoms with Crippen molar-refractivity contribution in [1.82, 2.24) is 10.6 Å². The Balaban J connectivity index is 0.00000147. The highest BCUT2D eigenvalue weighted by Crippen LogP contribution is 2.27. The predicted molar refractivity (Wildman–Crippen MR) is 91.6 cm³/mol. The van der Waals surface area contributed by atoms with Gasteiger partial charge in [0.15, 0.2) is 0 Å². The minimum Gasteiger partial charge on any atom is -0.349 e. The molecule has 2 N–H and O–H groups in total. The zero-order chi connectivity index (χ0) is 13.4. The minimum absolute atomic E-state index is 0. The monoisotopic (exact) mass is 406 g/mol. The van der Waals surface area contributed by atoms with Crippen molar-refractivity contribution >= 4 is 40.9 Å². The van der Waals surface area contributed by atoms with Gasteiger partial charge in [-0.1, -0.05) is 12.1 Å². The molecule has 2 fully saturated rings. The summed E-state index contributed by atoms with van der Waals surface area (Å²) in [5, 5.41) is 6.82. The lowest BCUT2D eigenvalue weighted by Gasteiger charge is -2.29. The number of nitrogens with one attached hydrogen (secondary N) is 2. The highest BCUT2D eigenvalue weighted by molar-refractivity contribution is 14.1. The Morgan fingerprint density at radius 1 is 1.30 bits per heavy atom. The Bertz CT molecular complexity index is 497. The molecule has 20 heavy (non-hydrogen) atoms. The van der Waals surface area contributed by atoms with Gasteiger partial charge in [0.25, 0.3) is 5.91 Å². The second-order valence-corrected chi connectivity index (χ2v) is 6.79. The largest absolute Gasteiger partial charge is 0.349 e. The predicted octanol–water partition coefficient (Wildman–Crippen LogP) is 3.03. The molecule has 3 rings (SSSR count). The zero-order valence-corrected chi connectivity index (χ0v) is 14.5. The van der Waals surface area contributed by atoms with E-state index < -0.39 is 0 Å². The van der Waals surface area contributed by atoms with Crippen molar-refractivity contribution < 1.29 is 4.79 Å². The van der Waals surface area contributed by atoms with Crippen LogP contribution < -0.4 is 10.6 Å². The first-order valence-electron chi connectivity index (χ1n) is 6.95. The van der Waals surface area contributed by atoms with Gasteiger partial charge < -0.3 is 10.6 Å². The number of carbonyl (C=O) groups is 1. The fourth-order valence-electron chi connectivity index (χ4n) is 3.26. The highest BCUT2D eigenvalue weighted by atomic mass is 127. The van der Waals surface area contributed by atoms with E-state index in [-0.39, 0.29) is 18.3 Å². The van der Waals surface area contributed by atoms with E-state index in [2.05, 4.69) is 33.2 Å². The van der Waals surface area contributed by atoms with Gasteiger partial charge in [0.2, 0.25) is 0 Å². The van der Waals surface area contributed by atoms with Crippen molar-refractivity contribution in [2.75, 3.05) is 0 Å². The van der Waals surface area contributed by atoms with E-state index in [1.807, 2.05) is 25.1 Å². The van der Waals surface area contributed by atoms with Gasteiger partial charge in [-0.2, -0.15) is 0 Å². The van der Waals surface area contributed by atoms with Crippen molar-refractivity contribution in [3.05, 3.63) is 32.9 Å². The number of aryl methyl sites for hydroxylation is 1. The van der Waals surface area contributed by atoms with Crippen LogP contribution in [0.5, 0.6) is 0 Å². The number of amides is 1. The molecule has 1 amide bonds. The highest BCUT2D eigenvalue weighted by Gasteiger charge is 2.34. The molecule has 2 atom stereocenters. The van der Waals surface area contributed by atoms with Gasteiger partial charge in [-0.15, -0.1) is 12.4 Å². The molecule has 0 aromatic heterocycles. The summed E-state index contributed by atoms with van der Waals surface area (Å²) in [6.45, 7) is 2.04. The molecular weight excluding hydrogens is 387 g/mol. The summed E-state index contributed by atoms with van der Waals surface area (Å²) in [4.78, 5) is 12.4. The molecule has 5 heteroatoms. The summed E-state index contributed by atoms with van der Waals surface area (Å²) in [5.74, 6) is 0.0828. The van der Waals surface area contributed by atoms with Crippen LogP contribution in [0.1, 0.15) is 41.6 Å². The molecule has 1 aromatic carbocycles. The molecule has 2 aliphatic heterocycles. The van der Waals surface area contributed by atoms with Crippen LogP contribution in [-0.4, -0.2) is 24.0 Å². The topological polar surface area (TPSA) is 41.1 Å². The van der Waals surface area contributed by atoms with Gasteiger partial charge in [-0.05, 0) is 66.8 Å². The summed E-state index contributed by atoms with van der Waals surface area (Å²) in [7, 11) is 0. The van der Waals surface area contributed by atoms with Crippen LogP contribution in [0.3, 0.4) is 0 Å². The molecule has 110 valence electrons. The number of hydrogen-bond acceptors (Lipinski definition) is 2. The normalized spacial score (nSPS) is 27.8. The van der Waals surface area contributed by atoms with Crippen molar-refractivity contribution in [1.29, 1.82) is 0 Å². The molecule has 2 saturated heterocycles. The fourth-order valence-corrected chi connectivity index (χ4v) is 3.87. The Kier molecular flexibility index (Phi) is 5.31. The molecule has 1 aromatic rings. The number of benzene rings is 1. The van der Waals surface area contributed by atoms with E-state index in [0.29, 0.717) is 18.1 Å². The lowest BCUT2D eigenvalue weighted by molar-refractivity contribution is 0.0923. The average Bonchev–Trinajstić information content (AvgIpc) is 2.72. The fraction of sp³-hybridized carbons (Fsp3) is 0.533. The Morgan fingerprint density at radius 3 is 2.60 bits per heavy atom. The average molecular weight is 407 g/mol. The van der Waals surface area contributed by atoms with Gasteiger partial charge in [-0.25, -0.2) is 0 Å². The maximum absolute atomic E-state index is 12.4. The molecule has 2 heterocycles. The third kappa shape index (κ3) is 3.28. The summed E-state index contributed by atoms with van der Waals surface area (Å²) < 4.78 is 1.06. The van der Waals surface area contributed by atoms with Gasteiger partial charge in [0.1, 0.15) is 0 Å². The summed E-state index contributed by atoms with van der Waals surface area (Å²) in [6, 6.07) is 7.48. The van der Waals surface area contributed by atoms with Crippen LogP contribution >= 0.6 is 35.0 Å². The molecule has 0 radical (unpaired) electrons. The van der Waals surface area contributed by atoms with Crippen molar-refractivity contribution in [2.24, 2.45) is 0 Å².